The number of pyridine rings is 1. The first-order valence-corrected chi connectivity index (χ1v) is 7.68. The molecule has 124 valence electrons. The molecule has 3 rings (SSSR count). The van der Waals surface area contributed by atoms with Crippen molar-refractivity contribution in [1.82, 2.24) is 24.6 Å². The molecule has 0 unspecified atom stereocenters. The van der Waals surface area contributed by atoms with Crippen LogP contribution in [0.25, 0.3) is 0 Å². The Morgan fingerprint density at radius 1 is 1.35 bits per heavy atom. The highest BCUT2D eigenvalue weighted by atomic mass is 19.1. The zero-order chi connectivity index (χ0) is 16.1. The van der Waals surface area contributed by atoms with Crippen LogP contribution in [0, 0.1) is 5.82 Å². The molecule has 0 aromatic carbocycles. The molecule has 1 saturated heterocycles. The molecule has 2 aromatic heterocycles. The molecule has 3 heterocycles. The molecule has 0 bridgehead atoms. The van der Waals surface area contributed by atoms with Crippen LogP contribution in [0.2, 0.25) is 0 Å². The van der Waals surface area contributed by atoms with Gasteiger partial charge in [0.2, 0.25) is 0 Å². The first-order valence-electron chi connectivity index (χ1n) is 7.68. The molecule has 8 heteroatoms. The molecule has 6 nitrogen and oxygen atoms in total. The van der Waals surface area contributed by atoms with Gasteiger partial charge in [-0.1, -0.05) is 0 Å². The lowest BCUT2D eigenvalue weighted by Gasteiger charge is -2.32. The third-order valence-corrected chi connectivity index (χ3v) is 3.82. The van der Waals surface area contributed by atoms with Gasteiger partial charge in [-0.25, -0.2) is 23.4 Å². The maximum atomic E-state index is 13.6. The summed E-state index contributed by atoms with van der Waals surface area (Å²) in [6.45, 7) is 1.86. The second-order valence-corrected chi connectivity index (χ2v) is 5.50. The van der Waals surface area contributed by atoms with Gasteiger partial charge in [-0.3, -0.25) is 4.90 Å². The number of piperidine rings is 1. The molecule has 0 aliphatic carbocycles. The Bertz CT molecular complexity index is 636. The van der Waals surface area contributed by atoms with Crippen molar-refractivity contribution < 1.29 is 13.5 Å². The summed E-state index contributed by atoms with van der Waals surface area (Å²) in [5.74, 6) is 0.319. The summed E-state index contributed by atoms with van der Waals surface area (Å²) in [4.78, 5) is 10.3. The lowest BCUT2D eigenvalue weighted by Crippen LogP contribution is -2.41. The number of alkyl halides is 1. The standard InChI is InChI=1S/C15H19F2N5O/c16-5-8-22-14(19-11-20-22)10-21-7-2-3-12(9-21)23-15-13(17)4-1-6-18-15/h1,4,6,11-12H,2-3,5,7-10H2/t12-/m1/s1. The quantitative estimate of drug-likeness (QED) is 0.812. The molecule has 1 atom stereocenters. The van der Waals surface area contributed by atoms with Crippen LogP contribution in [0.5, 0.6) is 5.88 Å². The zero-order valence-electron chi connectivity index (χ0n) is 12.7. The van der Waals surface area contributed by atoms with Crippen LogP contribution in [0.1, 0.15) is 18.7 Å². The van der Waals surface area contributed by atoms with Crippen LogP contribution in [0.3, 0.4) is 0 Å². The number of aromatic nitrogens is 4. The molecule has 1 aliphatic rings. The van der Waals surface area contributed by atoms with Gasteiger partial charge < -0.3 is 4.74 Å². The maximum absolute atomic E-state index is 13.6. The van der Waals surface area contributed by atoms with E-state index >= 15 is 0 Å². The minimum Gasteiger partial charge on any atom is -0.471 e. The van der Waals surface area contributed by atoms with Gasteiger partial charge in [0.1, 0.15) is 24.9 Å². The topological polar surface area (TPSA) is 56.1 Å². The number of hydrogen-bond acceptors (Lipinski definition) is 5. The first-order chi connectivity index (χ1) is 11.3. The predicted molar refractivity (Wildman–Crippen MR) is 79.1 cm³/mol. The average molecular weight is 323 g/mol. The second-order valence-electron chi connectivity index (χ2n) is 5.50. The second kappa shape index (κ2) is 7.45. The molecule has 0 saturated carbocycles. The summed E-state index contributed by atoms with van der Waals surface area (Å²) in [7, 11) is 0. The van der Waals surface area contributed by atoms with Crippen molar-refractivity contribution >= 4 is 0 Å². The van der Waals surface area contributed by atoms with Crippen molar-refractivity contribution in [3.63, 3.8) is 0 Å². The van der Waals surface area contributed by atoms with Gasteiger partial charge in [0, 0.05) is 12.7 Å². The van der Waals surface area contributed by atoms with E-state index in [1.807, 2.05) is 0 Å². The molecule has 0 spiro atoms. The largest absolute Gasteiger partial charge is 0.471 e. The van der Waals surface area contributed by atoms with Crippen LogP contribution in [-0.2, 0) is 13.1 Å². The number of halogens is 2. The summed E-state index contributed by atoms with van der Waals surface area (Å²) >= 11 is 0. The van der Waals surface area contributed by atoms with Crippen molar-refractivity contribution in [3.8, 4) is 5.88 Å². The fourth-order valence-corrected chi connectivity index (χ4v) is 2.75. The van der Waals surface area contributed by atoms with E-state index in [2.05, 4.69) is 20.0 Å². The van der Waals surface area contributed by atoms with Crippen molar-refractivity contribution in [1.29, 1.82) is 0 Å². The lowest BCUT2D eigenvalue weighted by atomic mass is 10.1. The number of rotatable bonds is 6. The SMILES string of the molecule is FCCn1ncnc1CN1CCC[C@@H](Oc2ncccc2F)C1. The fourth-order valence-electron chi connectivity index (χ4n) is 2.75. The van der Waals surface area contributed by atoms with E-state index in [9.17, 15) is 8.78 Å². The highest BCUT2D eigenvalue weighted by Crippen LogP contribution is 2.20. The van der Waals surface area contributed by atoms with E-state index in [1.54, 1.807) is 4.68 Å². The van der Waals surface area contributed by atoms with E-state index in [0.29, 0.717) is 13.1 Å². The van der Waals surface area contributed by atoms with Crippen molar-refractivity contribution in [2.75, 3.05) is 19.8 Å². The van der Waals surface area contributed by atoms with Crippen LogP contribution in [0.15, 0.2) is 24.7 Å². The Balaban J connectivity index is 1.60. The van der Waals surface area contributed by atoms with Gasteiger partial charge in [0.15, 0.2) is 5.82 Å². The first kappa shape index (κ1) is 15.8. The van der Waals surface area contributed by atoms with E-state index in [0.717, 1.165) is 25.2 Å². The average Bonchev–Trinajstić information content (AvgIpc) is 2.98. The zero-order valence-corrected chi connectivity index (χ0v) is 12.7. The van der Waals surface area contributed by atoms with Crippen LogP contribution in [0.4, 0.5) is 8.78 Å². The molecule has 0 amide bonds. The number of hydrogen-bond donors (Lipinski definition) is 0. The highest BCUT2D eigenvalue weighted by Gasteiger charge is 2.24. The van der Waals surface area contributed by atoms with Gasteiger partial charge in [0.25, 0.3) is 5.88 Å². The third-order valence-electron chi connectivity index (χ3n) is 3.82. The fraction of sp³-hybridized carbons (Fsp3) is 0.533. The Kier molecular flexibility index (Phi) is 5.12. The van der Waals surface area contributed by atoms with Crippen LogP contribution < -0.4 is 4.74 Å². The number of aryl methyl sites for hydroxylation is 1. The number of ether oxygens (including phenoxy) is 1. The Morgan fingerprint density at radius 3 is 3.09 bits per heavy atom. The summed E-state index contributed by atoms with van der Waals surface area (Å²) < 4.78 is 33.4. The summed E-state index contributed by atoms with van der Waals surface area (Å²) in [5.41, 5.74) is 0. The highest BCUT2D eigenvalue weighted by molar-refractivity contribution is 5.13. The minimum absolute atomic E-state index is 0.0416. The van der Waals surface area contributed by atoms with Crippen molar-refractivity contribution in [2.24, 2.45) is 0 Å². The summed E-state index contributed by atoms with van der Waals surface area (Å²) in [5, 5.41) is 4.02. The summed E-state index contributed by atoms with van der Waals surface area (Å²) in [6, 6.07) is 2.87. The van der Waals surface area contributed by atoms with Crippen LogP contribution in [-0.4, -0.2) is 50.5 Å². The predicted octanol–water partition coefficient (Wildman–Crippen LogP) is 1.83. The van der Waals surface area contributed by atoms with Crippen molar-refractivity contribution in [3.05, 3.63) is 36.3 Å². The van der Waals surface area contributed by atoms with Gasteiger partial charge in [-0.2, -0.15) is 5.10 Å². The van der Waals surface area contributed by atoms with E-state index in [1.165, 1.54) is 24.7 Å². The lowest BCUT2D eigenvalue weighted by molar-refractivity contribution is 0.0751. The maximum Gasteiger partial charge on any atom is 0.250 e. The van der Waals surface area contributed by atoms with Gasteiger partial charge in [0.05, 0.1) is 13.1 Å². The van der Waals surface area contributed by atoms with Gasteiger partial charge in [-0.05, 0) is 31.5 Å². The van der Waals surface area contributed by atoms with Crippen LogP contribution >= 0.6 is 0 Å². The molecule has 1 fully saturated rings. The van der Waals surface area contributed by atoms with Gasteiger partial charge >= 0.3 is 0 Å². The smallest absolute Gasteiger partial charge is 0.250 e. The van der Waals surface area contributed by atoms with E-state index < -0.39 is 12.5 Å². The van der Waals surface area contributed by atoms with Gasteiger partial charge in [-0.15, -0.1) is 0 Å². The minimum atomic E-state index is -0.471. The van der Waals surface area contributed by atoms with E-state index in [4.69, 9.17) is 4.74 Å². The summed E-state index contributed by atoms with van der Waals surface area (Å²) in [6.07, 6.45) is 4.62. The third kappa shape index (κ3) is 4.01. The Morgan fingerprint density at radius 2 is 2.26 bits per heavy atom. The Hall–Kier alpha value is -2.09. The van der Waals surface area contributed by atoms with E-state index in [-0.39, 0.29) is 18.5 Å². The Labute approximate surface area is 133 Å². The number of nitrogens with zero attached hydrogens (tertiary/aromatic N) is 5. The normalized spacial score (nSPS) is 19.0. The molecule has 0 N–H and O–H groups in total. The molecule has 23 heavy (non-hydrogen) atoms. The molecule has 0 radical (unpaired) electrons. The molecule has 1 aliphatic heterocycles. The molecular formula is C15H19F2N5O. The molecule has 2 aromatic rings. The monoisotopic (exact) mass is 323 g/mol. The number of likely N-dealkylation sites (tertiary alicyclic amines) is 1. The van der Waals surface area contributed by atoms with Crippen molar-refractivity contribution in [2.45, 2.75) is 32.0 Å². The molecular weight excluding hydrogens is 304 g/mol.